The quantitative estimate of drug-likeness (QED) is 0.387. The molecule has 0 saturated carbocycles. The number of hydrogen-bond donors (Lipinski definition) is 3. The van der Waals surface area contributed by atoms with E-state index in [4.69, 9.17) is 5.73 Å². The summed E-state index contributed by atoms with van der Waals surface area (Å²) in [6, 6.07) is 0. The minimum atomic E-state index is 0.689. The summed E-state index contributed by atoms with van der Waals surface area (Å²) in [5, 5.41) is 3.11. The van der Waals surface area contributed by atoms with E-state index in [2.05, 4.69) is 24.5 Å². The molecule has 54 valence electrons. The van der Waals surface area contributed by atoms with Gasteiger partial charge in [-0.3, -0.25) is 0 Å². The van der Waals surface area contributed by atoms with Crippen molar-refractivity contribution in [3.8, 4) is 0 Å². The zero-order valence-corrected chi connectivity index (χ0v) is 6.45. The Morgan fingerprint density at radius 1 is 1.67 bits per heavy atom. The first-order valence-corrected chi connectivity index (χ1v) is 3.65. The van der Waals surface area contributed by atoms with Crippen LogP contribution in [0.4, 0.5) is 0 Å². The molecule has 0 unspecified atom stereocenters. The molecule has 0 atom stereocenters. The van der Waals surface area contributed by atoms with Gasteiger partial charge in [0.05, 0.1) is 0 Å². The predicted molar refractivity (Wildman–Crippen MR) is 44.7 cm³/mol. The zero-order valence-electron chi connectivity index (χ0n) is 5.56. The Hall–Kier alpha value is -0.150. The van der Waals surface area contributed by atoms with Gasteiger partial charge in [0.15, 0.2) is 0 Å². The molecule has 3 heteroatoms. The van der Waals surface area contributed by atoms with Crippen molar-refractivity contribution in [2.24, 2.45) is 5.73 Å². The van der Waals surface area contributed by atoms with Crippen LogP contribution < -0.4 is 11.1 Å². The van der Waals surface area contributed by atoms with Crippen molar-refractivity contribution < 1.29 is 0 Å². The Morgan fingerprint density at radius 3 is 2.78 bits per heavy atom. The molecule has 0 heterocycles. The number of rotatable bonds is 5. The fourth-order valence-electron chi connectivity index (χ4n) is 0.453. The van der Waals surface area contributed by atoms with Crippen molar-refractivity contribution in [1.82, 2.24) is 5.32 Å². The fraction of sp³-hybridized carbons (Fsp3) is 0.667. The third kappa shape index (κ3) is 7.85. The number of thiol groups is 1. The molecule has 0 aromatic carbocycles. The van der Waals surface area contributed by atoms with Crippen LogP contribution in [-0.4, -0.2) is 18.8 Å². The van der Waals surface area contributed by atoms with E-state index in [1.807, 2.05) is 0 Å². The Labute approximate surface area is 61.9 Å². The highest BCUT2D eigenvalue weighted by Crippen LogP contribution is 1.80. The molecule has 0 rings (SSSR count). The van der Waals surface area contributed by atoms with Crippen LogP contribution in [0.25, 0.3) is 0 Å². The largest absolute Gasteiger partial charge is 0.401 e. The van der Waals surface area contributed by atoms with Gasteiger partial charge in [-0.15, -0.1) is 0 Å². The van der Waals surface area contributed by atoms with Crippen LogP contribution in [0.15, 0.2) is 12.3 Å². The first-order valence-electron chi connectivity index (χ1n) is 3.02. The van der Waals surface area contributed by atoms with Gasteiger partial charge < -0.3 is 11.1 Å². The molecule has 0 aromatic rings. The molecule has 0 aliphatic carbocycles. The van der Waals surface area contributed by atoms with Gasteiger partial charge in [-0.2, -0.15) is 12.6 Å². The molecule has 0 spiro atoms. The number of hydrogen-bond acceptors (Lipinski definition) is 3. The Kier molecular flexibility index (Phi) is 5.88. The zero-order chi connectivity index (χ0) is 7.11. The molecule has 0 bridgehead atoms. The lowest BCUT2D eigenvalue weighted by atomic mass is 10.4. The monoisotopic (exact) mass is 146 g/mol. The molecule has 2 nitrogen and oxygen atoms in total. The minimum absolute atomic E-state index is 0.689. The molecule has 0 fully saturated rings. The van der Waals surface area contributed by atoms with Crippen molar-refractivity contribution in [3.05, 3.63) is 12.3 Å². The van der Waals surface area contributed by atoms with Crippen LogP contribution >= 0.6 is 12.6 Å². The van der Waals surface area contributed by atoms with Gasteiger partial charge in [0.25, 0.3) is 0 Å². The van der Waals surface area contributed by atoms with E-state index in [9.17, 15) is 0 Å². The first kappa shape index (κ1) is 8.85. The van der Waals surface area contributed by atoms with E-state index in [1.165, 1.54) is 0 Å². The summed E-state index contributed by atoms with van der Waals surface area (Å²) in [5.41, 5.74) is 5.99. The second-order valence-electron chi connectivity index (χ2n) is 1.91. The third-order valence-corrected chi connectivity index (χ3v) is 1.18. The van der Waals surface area contributed by atoms with E-state index in [1.54, 1.807) is 0 Å². The normalized spacial score (nSPS) is 9.44. The highest BCUT2D eigenvalue weighted by molar-refractivity contribution is 7.80. The Morgan fingerprint density at radius 2 is 2.33 bits per heavy atom. The highest BCUT2D eigenvalue weighted by atomic mass is 32.1. The van der Waals surface area contributed by atoms with Crippen LogP contribution in [0.1, 0.15) is 6.42 Å². The van der Waals surface area contributed by atoms with Crippen molar-refractivity contribution in [2.45, 2.75) is 6.42 Å². The van der Waals surface area contributed by atoms with E-state index < -0.39 is 0 Å². The van der Waals surface area contributed by atoms with Gasteiger partial charge in [0.2, 0.25) is 0 Å². The maximum Gasteiger partial charge on any atom is 0.0345 e. The van der Waals surface area contributed by atoms with Crippen LogP contribution in [-0.2, 0) is 0 Å². The second-order valence-corrected chi connectivity index (χ2v) is 2.36. The summed E-state index contributed by atoms with van der Waals surface area (Å²) in [4.78, 5) is 0. The minimum Gasteiger partial charge on any atom is -0.401 e. The SMILES string of the molecule is C=C(N)CNCCCS. The van der Waals surface area contributed by atoms with Crippen LogP contribution in [0.5, 0.6) is 0 Å². The summed E-state index contributed by atoms with van der Waals surface area (Å²) in [7, 11) is 0. The lowest BCUT2D eigenvalue weighted by Crippen LogP contribution is -2.21. The van der Waals surface area contributed by atoms with Crippen molar-refractivity contribution >= 4 is 12.6 Å². The molecule has 0 radical (unpaired) electrons. The molecular formula is C6H14N2S. The van der Waals surface area contributed by atoms with Crippen LogP contribution in [0.2, 0.25) is 0 Å². The van der Waals surface area contributed by atoms with E-state index in [0.29, 0.717) is 12.2 Å². The molecule has 0 aromatic heterocycles. The maximum absolute atomic E-state index is 5.30. The van der Waals surface area contributed by atoms with Gasteiger partial charge in [-0.1, -0.05) is 6.58 Å². The molecular weight excluding hydrogens is 132 g/mol. The van der Waals surface area contributed by atoms with Crippen molar-refractivity contribution in [2.75, 3.05) is 18.8 Å². The van der Waals surface area contributed by atoms with Crippen LogP contribution in [0.3, 0.4) is 0 Å². The average molecular weight is 146 g/mol. The van der Waals surface area contributed by atoms with Gasteiger partial charge >= 0.3 is 0 Å². The topological polar surface area (TPSA) is 38.0 Å². The smallest absolute Gasteiger partial charge is 0.0345 e. The lowest BCUT2D eigenvalue weighted by molar-refractivity contribution is 0.716. The summed E-state index contributed by atoms with van der Waals surface area (Å²) in [6.45, 7) is 5.24. The average Bonchev–Trinajstić information content (AvgIpc) is 1.80. The predicted octanol–water partition coefficient (Wildman–Crippen LogP) is 0.368. The second kappa shape index (κ2) is 5.98. The number of nitrogens with one attached hydrogen (secondary N) is 1. The van der Waals surface area contributed by atoms with Gasteiger partial charge in [-0.05, 0) is 18.7 Å². The molecule has 0 amide bonds. The van der Waals surface area contributed by atoms with Crippen LogP contribution in [0, 0.1) is 0 Å². The van der Waals surface area contributed by atoms with Gasteiger partial charge in [-0.25, -0.2) is 0 Å². The van der Waals surface area contributed by atoms with Gasteiger partial charge in [0, 0.05) is 12.2 Å². The Balaban J connectivity index is 2.83. The molecule has 0 saturated heterocycles. The molecule has 0 aliphatic heterocycles. The van der Waals surface area contributed by atoms with Crippen molar-refractivity contribution in [1.29, 1.82) is 0 Å². The van der Waals surface area contributed by atoms with Gasteiger partial charge in [0.1, 0.15) is 0 Å². The van der Waals surface area contributed by atoms with E-state index in [-0.39, 0.29) is 0 Å². The molecule has 9 heavy (non-hydrogen) atoms. The fourth-order valence-corrected chi connectivity index (χ4v) is 0.611. The summed E-state index contributed by atoms with van der Waals surface area (Å²) in [5.74, 6) is 0.921. The maximum atomic E-state index is 5.30. The first-order chi connectivity index (χ1) is 4.27. The molecule has 0 aliphatic rings. The summed E-state index contributed by atoms with van der Waals surface area (Å²) in [6.07, 6.45) is 1.08. The standard InChI is InChI=1S/C6H14N2S/c1-6(7)5-8-3-2-4-9/h8-9H,1-5,7H2. The number of nitrogens with two attached hydrogens (primary N) is 1. The molecule has 3 N–H and O–H groups in total. The third-order valence-electron chi connectivity index (χ3n) is 0.864. The van der Waals surface area contributed by atoms with Crippen molar-refractivity contribution in [3.63, 3.8) is 0 Å². The van der Waals surface area contributed by atoms with E-state index in [0.717, 1.165) is 18.7 Å². The lowest BCUT2D eigenvalue weighted by Gasteiger charge is -2.00. The Bertz CT molecular complexity index is 83.1. The summed E-state index contributed by atoms with van der Waals surface area (Å²) >= 11 is 4.05. The summed E-state index contributed by atoms with van der Waals surface area (Å²) < 4.78 is 0. The van der Waals surface area contributed by atoms with E-state index >= 15 is 0 Å². The highest BCUT2D eigenvalue weighted by Gasteiger charge is 1.84.